The van der Waals surface area contributed by atoms with E-state index in [1.807, 2.05) is 0 Å². The third kappa shape index (κ3) is 2.59. The molecule has 0 saturated carbocycles. The molecule has 0 bridgehead atoms. The molecule has 1 rings (SSSR count). The fourth-order valence-electron chi connectivity index (χ4n) is 1.30. The largest absolute Gasteiger partial charge is 0.481 e. The summed E-state index contributed by atoms with van der Waals surface area (Å²) in [5.74, 6) is -3.18. The maximum absolute atomic E-state index is 10.8. The van der Waals surface area contributed by atoms with Crippen LogP contribution >= 0.6 is 0 Å². The minimum absolute atomic E-state index is 0.568. The third-order valence-electron chi connectivity index (χ3n) is 2.57. The van der Waals surface area contributed by atoms with E-state index in [4.69, 9.17) is 10.2 Å². The van der Waals surface area contributed by atoms with Crippen molar-refractivity contribution in [3.63, 3.8) is 0 Å². The molecule has 16 heavy (non-hydrogen) atoms. The topological polar surface area (TPSA) is 74.6 Å². The lowest BCUT2D eigenvalue weighted by Crippen LogP contribution is -2.10. The summed E-state index contributed by atoms with van der Waals surface area (Å²) in [6, 6.07) is 7.51. The summed E-state index contributed by atoms with van der Waals surface area (Å²) in [7, 11) is 0. The normalized spacial score (nSPS) is 14.1. The van der Waals surface area contributed by atoms with E-state index in [9.17, 15) is 9.59 Å². The van der Waals surface area contributed by atoms with Crippen molar-refractivity contribution >= 4 is 11.9 Å². The van der Waals surface area contributed by atoms with E-state index in [1.165, 1.54) is 0 Å². The summed E-state index contributed by atoms with van der Waals surface area (Å²) in [6.07, 6.45) is 0. The van der Waals surface area contributed by atoms with Crippen LogP contribution in [0.25, 0.3) is 0 Å². The number of rotatable bonds is 4. The standard InChI is InChI=1S/C12H13O4/c1-7(11(13)14)9-4-3-5-10(6-9)8(2)12(15)16/h4-8H,1-2H3,(H,13,14)(H,15,16). The fourth-order valence-corrected chi connectivity index (χ4v) is 1.30. The molecule has 4 nitrogen and oxygen atoms in total. The van der Waals surface area contributed by atoms with Gasteiger partial charge in [-0.15, -0.1) is 0 Å². The van der Waals surface area contributed by atoms with Crippen LogP contribution in [0.2, 0.25) is 0 Å². The van der Waals surface area contributed by atoms with Gasteiger partial charge in [0.05, 0.1) is 11.8 Å². The van der Waals surface area contributed by atoms with E-state index in [0.29, 0.717) is 11.1 Å². The van der Waals surface area contributed by atoms with Crippen LogP contribution in [0.5, 0.6) is 0 Å². The van der Waals surface area contributed by atoms with Gasteiger partial charge in [-0.1, -0.05) is 18.2 Å². The Morgan fingerprint density at radius 1 is 1.06 bits per heavy atom. The Bertz CT molecular complexity index is 376. The molecule has 0 heterocycles. The highest BCUT2D eigenvalue weighted by Crippen LogP contribution is 2.21. The molecule has 1 aromatic carbocycles. The zero-order valence-corrected chi connectivity index (χ0v) is 9.10. The Labute approximate surface area is 93.5 Å². The first-order valence-electron chi connectivity index (χ1n) is 4.90. The van der Waals surface area contributed by atoms with Crippen molar-refractivity contribution in [3.8, 4) is 0 Å². The molecule has 2 N–H and O–H groups in total. The van der Waals surface area contributed by atoms with Crippen LogP contribution in [-0.2, 0) is 9.59 Å². The number of carboxylic acids is 2. The van der Waals surface area contributed by atoms with E-state index in [1.54, 1.807) is 32.0 Å². The van der Waals surface area contributed by atoms with Crippen LogP contribution in [-0.4, -0.2) is 22.2 Å². The maximum Gasteiger partial charge on any atom is 0.310 e. The average molecular weight is 221 g/mol. The highest BCUT2D eigenvalue weighted by atomic mass is 16.4. The van der Waals surface area contributed by atoms with Crippen molar-refractivity contribution in [1.29, 1.82) is 0 Å². The highest BCUT2D eigenvalue weighted by molar-refractivity contribution is 5.77. The Kier molecular flexibility index (Phi) is 3.66. The van der Waals surface area contributed by atoms with Gasteiger partial charge in [-0.3, -0.25) is 9.59 Å². The maximum atomic E-state index is 10.8. The van der Waals surface area contributed by atoms with Crippen LogP contribution in [0, 0.1) is 6.07 Å². The summed E-state index contributed by atoms with van der Waals surface area (Å²) < 4.78 is 0. The quantitative estimate of drug-likeness (QED) is 0.813. The summed E-state index contributed by atoms with van der Waals surface area (Å²) >= 11 is 0. The van der Waals surface area contributed by atoms with Crippen molar-refractivity contribution in [2.75, 3.05) is 0 Å². The van der Waals surface area contributed by atoms with Crippen molar-refractivity contribution < 1.29 is 19.8 Å². The molecular formula is C12H13O4. The molecule has 4 heteroatoms. The number of carboxylic acid groups (broad SMARTS) is 2. The number of hydrogen-bond donors (Lipinski definition) is 2. The third-order valence-corrected chi connectivity index (χ3v) is 2.57. The van der Waals surface area contributed by atoms with E-state index in [0.717, 1.165) is 0 Å². The molecule has 0 aromatic heterocycles. The van der Waals surface area contributed by atoms with Crippen LogP contribution < -0.4 is 0 Å². The first-order valence-corrected chi connectivity index (χ1v) is 4.90. The Balaban J connectivity index is 3.04. The Morgan fingerprint density at radius 3 is 1.75 bits per heavy atom. The molecule has 1 radical (unpaired) electrons. The lowest BCUT2D eigenvalue weighted by Gasteiger charge is -2.11. The van der Waals surface area contributed by atoms with Gasteiger partial charge in [0, 0.05) is 0 Å². The summed E-state index contributed by atoms with van der Waals surface area (Å²) in [4.78, 5) is 21.6. The zero-order valence-electron chi connectivity index (χ0n) is 9.10. The average Bonchev–Trinajstić information content (AvgIpc) is 2.26. The van der Waals surface area contributed by atoms with Crippen molar-refractivity contribution in [2.45, 2.75) is 25.7 Å². The zero-order chi connectivity index (χ0) is 12.3. The van der Waals surface area contributed by atoms with Gasteiger partial charge in [-0.25, -0.2) is 0 Å². The molecule has 2 unspecified atom stereocenters. The predicted octanol–water partition coefficient (Wildman–Crippen LogP) is 1.86. The van der Waals surface area contributed by atoms with Gasteiger partial charge in [0.25, 0.3) is 0 Å². The van der Waals surface area contributed by atoms with E-state index in [-0.39, 0.29) is 0 Å². The van der Waals surface area contributed by atoms with E-state index >= 15 is 0 Å². The summed E-state index contributed by atoms with van der Waals surface area (Å²) in [5, 5.41) is 17.7. The molecule has 2 atom stereocenters. The van der Waals surface area contributed by atoms with Gasteiger partial charge in [0.1, 0.15) is 0 Å². The Hall–Kier alpha value is -1.84. The fraction of sp³-hybridized carbons (Fsp3) is 0.333. The SMILES string of the molecule is CC(C(=O)O)c1c[c]cc(C(C)C(=O)O)c1. The van der Waals surface area contributed by atoms with Crippen molar-refractivity contribution in [2.24, 2.45) is 0 Å². The van der Waals surface area contributed by atoms with Gasteiger partial charge in [-0.05, 0) is 31.0 Å². The molecule has 0 aliphatic rings. The van der Waals surface area contributed by atoms with Gasteiger partial charge >= 0.3 is 11.9 Å². The van der Waals surface area contributed by atoms with Gasteiger partial charge in [0.2, 0.25) is 0 Å². The van der Waals surface area contributed by atoms with Crippen LogP contribution in [0.1, 0.15) is 36.8 Å². The molecule has 0 saturated heterocycles. The minimum Gasteiger partial charge on any atom is -0.481 e. The second kappa shape index (κ2) is 4.79. The molecule has 0 aliphatic carbocycles. The van der Waals surface area contributed by atoms with Gasteiger partial charge in [-0.2, -0.15) is 0 Å². The molecule has 0 fully saturated rings. The summed E-state index contributed by atoms with van der Waals surface area (Å²) in [6.45, 7) is 3.11. The summed E-state index contributed by atoms with van der Waals surface area (Å²) in [5.41, 5.74) is 1.14. The molecule has 0 spiro atoms. The predicted molar refractivity (Wildman–Crippen MR) is 57.4 cm³/mol. The molecule has 0 aliphatic heterocycles. The van der Waals surface area contributed by atoms with Gasteiger partial charge < -0.3 is 10.2 Å². The minimum atomic E-state index is -0.937. The van der Waals surface area contributed by atoms with Crippen molar-refractivity contribution in [3.05, 3.63) is 35.4 Å². The van der Waals surface area contributed by atoms with Crippen LogP contribution in [0.4, 0.5) is 0 Å². The second-order valence-corrected chi connectivity index (χ2v) is 3.72. The van der Waals surface area contributed by atoms with Crippen LogP contribution in [0.15, 0.2) is 18.2 Å². The molecule has 85 valence electrons. The molecular weight excluding hydrogens is 208 g/mol. The number of benzene rings is 1. The number of hydrogen-bond acceptors (Lipinski definition) is 2. The Morgan fingerprint density at radius 2 is 1.44 bits per heavy atom. The molecule has 1 aromatic rings. The number of carbonyl (C=O) groups is 2. The second-order valence-electron chi connectivity index (χ2n) is 3.72. The molecule has 0 amide bonds. The smallest absolute Gasteiger partial charge is 0.310 e. The van der Waals surface area contributed by atoms with E-state index in [2.05, 4.69) is 6.07 Å². The monoisotopic (exact) mass is 221 g/mol. The van der Waals surface area contributed by atoms with Gasteiger partial charge in [0.15, 0.2) is 0 Å². The lowest BCUT2D eigenvalue weighted by atomic mass is 9.94. The van der Waals surface area contributed by atoms with Crippen molar-refractivity contribution in [1.82, 2.24) is 0 Å². The van der Waals surface area contributed by atoms with E-state index < -0.39 is 23.8 Å². The van der Waals surface area contributed by atoms with Crippen LogP contribution in [0.3, 0.4) is 0 Å². The lowest BCUT2D eigenvalue weighted by molar-refractivity contribution is -0.139. The first-order chi connectivity index (χ1) is 7.43. The first kappa shape index (κ1) is 12.2. The highest BCUT2D eigenvalue weighted by Gasteiger charge is 2.17. The number of aliphatic carboxylic acids is 2.